The minimum absolute atomic E-state index is 0.0113. The number of nitrogens with one attached hydrogen (secondary N) is 1. The average Bonchev–Trinajstić information content (AvgIpc) is 3.10. The molecule has 1 amide bonds. The quantitative estimate of drug-likeness (QED) is 0.795. The number of rotatable bonds is 6. The standard InChI is InChI=1S/C15H18N4O2S/c20-13(10-12-11-22-15-17-6-9-19(12)15)16-5-3-8-18-7-2-1-4-14(18)21/h1-2,4,7,11H,3,5-6,8-10H2,(H,16,20). The van der Waals surface area contributed by atoms with Crippen molar-refractivity contribution in [1.82, 2.24) is 14.8 Å². The van der Waals surface area contributed by atoms with Crippen molar-refractivity contribution in [2.75, 3.05) is 19.6 Å². The van der Waals surface area contributed by atoms with Gasteiger partial charge >= 0.3 is 0 Å². The number of pyridine rings is 1. The van der Waals surface area contributed by atoms with E-state index in [1.807, 2.05) is 11.5 Å². The molecule has 1 N–H and O–H groups in total. The maximum Gasteiger partial charge on any atom is 0.250 e. The van der Waals surface area contributed by atoms with E-state index in [0.29, 0.717) is 19.5 Å². The smallest absolute Gasteiger partial charge is 0.250 e. The Balaban J connectivity index is 1.39. The Morgan fingerprint density at radius 2 is 2.32 bits per heavy atom. The van der Waals surface area contributed by atoms with Crippen LogP contribution in [0.3, 0.4) is 0 Å². The van der Waals surface area contributed by atoms with Crippen molar-refractivity contribution in [3.8, 4) is 0 Å². The second kappa shape index (κ2) is 6.83. The van der Waals surface area contributed by atoms with Crippen molar-refractivity contribution in [3.05, 3.63) is 45.9 Å². The Morgan fingerprint density at radius 3 is 3.18 bits per heavy atom. The molecule has 0 unspecified atom stereocenters. The number of amides is 1. The summed E-state index contributed by atoms with van der Waals surface area (Å²) in [4.78, 5) is 30.0. The van der Waals surface area contributed by atoms with Crippen LogP contribution in [0, 0.1) is 0 Å². The Morgan fingerprint density at radius 1 is 1.41 bits per heavy atom. The lowest BCUT2D eigenvalue weighted by Gasteiger charge is -2.16. The molecule has 2 aliphatic heterocycles. The highest BCUT2D eigenvalue weighted by Gasteiger charge is 2.27. The van der Waals surface area contributed by atoms with Gasteiger partial charge in [0.1, 0.15) is 0 Å². The fourth-order valence-electron chi connectivity index (χ4n) is 2.47. The highest BCUT2D eigenvalue weighted by Crippen LogP contribution is 2.30. The van der Waals surface area contributed by atoms with Gasteiger partial charge in [-0.15, -0.1) is 0 Å². The molecule has 3 rings (SSSR count). The van der Waals surface area contributed by atoms with Crippen molar-refractivity contribution in [2.24, 2.45) is 4.99 Å². The number of fused-ring (bicyclic) bond motifs is 1. The molecule has 7 heteroatoms. The first-order valence-electron chi connectivity index (χ1n) is 7.34. The van der Waals surface area contributed by atoms with Crippen molar-refractivity contribution < 1.29 is 4.79 Å². The van der Waals surface area contributed by atoms with Crippen LogP contribution in [-0.4, -0.2) is 40.2 Å². The lowest BCUT2D eigenvalue weighted by molar-refractivity contribution is -0.120. The molecule has 1 aromatic heterocycles. The summed E-state index contributed by atoms with van der Waals surface area (Å²) in [6.07, 6.45) is 2.89. The van der Waals surface area contributed by atoms with E-state index in [0.717, 1.165) is 30.4 Å². The largest absolute Gasteiger partial charge is 0.356 e. The molecule has 0 saturated carbocycles. The Labute approximate surface area is 132 Å². The summed E-state index contributed by atoms with van der Waals surface area (Å²) in [5.41, 5.74) is 1.01. The molecule has 0 radical (unpaired) electrons. The molecular formula is C15H18N4O2S. The summed E-state index contributed by atoms with van der Waals surface area (Å²) in [7, 11) is 0. The first-order chi connectivity index (χ1) is 10.7. The van der Waals surface area contributed by atoms with E-state index >= 15 is 0 Å². The van der Waals surface area contributed by atoms with E-state index in [1.54, 1.807) is 28.6 Å². The van der Waals surface area contributed by atoms with E-state index in [4.69, 9.17) is 0 Å². The number of aliphatic imine (C=N–C) groups is 1. The summed E-state index contributed by atoms with van der Waals surface area (Å²) in [5, 5.41) is 5.92. The number of thioether (sulfide) groups is 1. The first kappa shape index (κ1) is 14.9. The van der Waals surface area contributed by atoms with Crippen LogP contribution in [0.15, 0.2) is 45.3 Å². The summed E-state index contributed by atoms with van der Waals surface area (Å²) in [6, 6.07) is 5.10. The lowest BCUT2D eigenvalue weighted by Crippen LogP contribution is -2.30. The zero-order chi connectivity index (χ0) is 15.4. The Kier molecular flexibility index (Phi) is 4.62. The van der Waals surface area contributed by atoms with Crippen molar-refractivity contribution >= 4 is 22.8 Å². The molecule has 2 aliphatic rings. The molecule has 1 aromatic rings. The van der Waals surface area contributed by atoms with Crippen LogP contribution >= 0.6 is 11.8 Å². The average molecular weight is 318 g/mol. The van der Waals surface area contributed by atoms with E-state index < -0.39 is 0 Å². The minimum Gasteiger partial charge on any atom is -0.356 e. The van der Waals surface area contributed by atoms with E-state index in [1.165, 1.54) is 6.07 Å². The van der Waals surface area contributed by atoms with Crippen molar-refractivity contribution in [1.29, 1.82) is 0 Å². The van der Waals surface area contributed by atoms with Crippen LogP contribution in [0.4, 0.5) is 0 Å². The SMILES string of the molecule is O=C(CC1=CSC2=NCCN12)NCCCn1ccccc1=O. The zero-order valence-corrected chi connectivity index (χ0v) is 13.0. The van der Waals surface area contributed by atoms with E-state index in [-0.39, 0.29) is 11.5 Å². The highest BCUT2D eigenvalue weighted by molar-refractivity contribution is 8.16. The van der Waals surface area contributed by atoms with Crippen LogP contribution in [0.2, 0.25) is 0 Å². The third kappa shape index (κ3) is 3.41. The maximum atomic E-state index is 12.0. The van der Waals surface area contributed by atoms with Crippen LogP contribution in [0.25, 0.3) is 0 Å². The molecule has 0 atom stereocenters. The number of carbonyl (C=O) groups excluding carboxylic acids is 1. The van der Waals surface area contributed by atoms with Gasteiger partial charge in [-0.25, -0.2) is 0 Å². The van der Waals surface area contributed by atoms with Gasteiger partial charge in [-0.3, -0.25) is 14.6 Å². The van der Waals surface area contributed by atoms with Gasteiger partial charge in [0, 0.05) is 37.6 Å². The predicted molar refractivity (Wildman–Crippen MR) is 87.6 cm³/mol. The summed E-state index contributed by atoms with van der Waals surface area (Å²) in [6.45, 7) is 2.87. The number of amidine groups is 1. The lowest BCUT2D eigenvalue weighted by atomic mass is 10.3. The van der Waals surface area contributed by atoms with E-state index in [9.17, 15) is 9.59 Å². The van der Waals surface area contributed by atoms with Gasteiger partial charge in [-0.1, -0.05) is 17.8 Å². The third-order valence-corrected chi connectivity index (χ3v) is 4.54. The molecule has 22 heavy (non-hydrogen) atoms. The van der Waals surface area contributed by atoms with Crippen molar-refractivity contribution in [2.45, 2.75) is 19.4 Å². The molecule has 0 saturated heterocycles. The number of aryl methyl sites for hydroxylation is 1. The van der Waals surface area contributed by atoms with Crippen LogP contribution in [0.5, 0.6) is 0 Å². The molecule has 0 spiro atoms. The summed E-state index contributed by atoms with van der Waals surface area (Å²) < 4.78 is 1.65. The van der Waals surface area contributed by atoms with Gasteiger partial charge in [0.05, 0.1) is 13.0 Å². The highest BCUT2D eigenvalue weighted by atomic mass is 32.2. The van der Waals surface area contributed by atoms with E-state index in [2.05, 4.69) is 15.2 Å². The number of hydrogen-bond acceptors (Lipinski definition) is 5. The molecule has 0 bridgehead atoms. The molecular weight excluding hydrogens is 300 g/mol. The number of carbonyl (C=O) groups is 1. The molecule has 0 fully saturated rings. The van der Waals surface area contributed by atoms with Crippen molar-refractivity contribution in [3.63, 3.8) is 0 Å². The Hall–Kier alpha value is -2.02. The van der Waals surface area contributed by atoms with Gasteiger partial charge < -0.3 is 14.8 Å². The maximum absolute atomic E-state index is 12.0. The molecule has 3 heterocycles. The summed E-state index contributed by atoms with van der Waals surface area (Å²) >= 11 is 1.59. The summed E-state index contributed by atoms with van der Waals surface area (Å²) in [5.74, 6) is 0.0143. The van der Waals surface area contributed by atoms with Crippen LogP contribution in [0.1, 0.15) is 12.8 Å². The monoisotopic (exact) mass is 318 g/mol. The molecule has 116 valence electrons. The first-order valence-corrected chi connectivity index (χ1v) is 8.22. The topological polar surface area (TPSA) is 66.7 Å². The number of hydrogen-bond donors (Lipinski definition) is 1. The molecule has 6 nitrogen and oxygen atoms in total. The van der Waals surface area contributed by atoms with Gasteiger partial charge in [-0.2, -0.15) is 0 Å². The number of aromatic nitrogens is 1. The third-order valence-electron chi connectivity index (χ3n) is 3.59. The fraction of sp³-hybridized carbons (Fsp3) is 0.400. The van der Waals surface area contributed by atoms with Crippen LogP contribution < -0.4 is 10.9 Å². The Bertz CT molecular complexity index is 680. The predicted octanol–water partition coefficient (Wildman–Crippen LogP) is 1.00. The van der Waals surface area contributed by atoms with Crippen LogP contribution in [-0.2, 0) is 11.3 Å². The molecule has 0 aromatic carbocycles. The second-order valence-corrected chi connectivity index (χ2v) is 5.99. The van der Waals surface area contributed by atoms with Gasteiger partial charge in [0.15, 0.2) is 5.17 Å². The fourth-order valence-corrected chi connectivity index (χ4v) is 3.42. The second-order valence-electron chi connectivity index (χ2n) is 5.16. The number of nitrogens with zero attached hydrogens (tertiary/aromatic N) is 3. The molecule has 0 aliphatic carbocycles. The normalized spacial score (nSPS) is 16.3. The van der Waals surface area contributed by atoms with Gasteiger partial charge in [0.2, 0.25) is 11.5 Å². The minimum atomic E-state index is -0.0113. The van der Waals surface area contributed by atoms with Gasteiger partial charge in [0.25, 0.3) is 0 Å². The zero-order valence-electron chi connectivity index (χ0n) is 12.2. The van der Waals surface area contributed by atoms with Gasteiger partial charge in [-0.05, 0) is 17.9 Å².